The standard InChI is InChI=1S/C16H14N2O5/c1-3-22-16(20)13-14(19)15-11(8-17-13)12(18-23-15)9-4-6-10(21-2)7-5-9/h4-8,19H,3H2,1-2H3. The van der Waals surface area contributed by atoms with Gasteiger partial charge in [0.25, 0.3) is 0 Å². The molecule has 0 bridgehead atoms. The molecule has 0 aliphatic rings. The van der Waals surface area contributed by atoms with Crippen molar-refractivity contribution in [3.63, 3.8) is 0 Å². The molecule has 0 radical (unpaired) electrons. The van der Waals surface area contributed by atoms with Gasteiger partial charge in [0.15, 0.2) is 11.4 Å². The smallest absolute Gasteiger partial charge is 0.360 e. The highest BCUT2D eigenvalue weighted by Gasteiger charge is 2.22. The Kier molecular flexibility index (Phi) is 3.84. The van der Waals surface area contributed by atoms with Crippen LogP contribution in [0.25, 0.3) is 22.2 Å². The average molecular weight is 314 g/mol. The molecule has 3 rings (SSSR count). The number of methoxy groups -OCH3 is 1. The fraction of sp³-hybridized carbons (Fsp3) is 0.188. The van der Waals surface area contributed by atoms with E-state index in [9.17, 15) is 9.90 Å². The van der Waals surface area contributed by atoms with Crippen LogP contribution >= 0.6 is 0 Å². The maximum Gasteiger partial charge on any atom is 0.360 e. The minimum atomic E-state index is -0.714. The number of aromatic nitrogens is 2. The molecule has 1 N–H and O–H groups in total. The van der Waals surface area contributed by atoms with E-state index in [1.54, 1.807) is 26.2 Å². The summed E-state index contributed by atoms with van der Waals surface area (Å²) in [4.78, 5) is 15.7. The first kappa shape index (κ1) is 14.8. The number of carbonyl (C=O) groups is 1. The molecule has 0 saturated carbocycles. The SMILES string of the molecule is CCOC(=O)c1ncc2c(-c3ccc(OC)cc3)noc2c1O. The second kappa shape index (κ2) is 5.96. The van der Waals surface area contributed by atoms with E-state index in [0.29, 0.717) is 16.8 Å². The zero-order valence-electron chi connectivity index (χ0n) is 12.6. The predicted octanol–water partition coefficient (Wildman–Crippen LogP) is 2.78. The Morgan fingerprint density at radius 3 is 2.70 bits per heavy atom. The van der Waals surface area contributed by atoms with Gasteiger partial charge in [-0.15, -0.1) is 0 Å². The van der Waals surface area contributed by atoms with Crippen LogP contribution in [-0.2, 0) is 4.74 Å². The van der Waals surface area contributed by atoms with Gasteiger partial charge in [0, 0.05) is 11.8 Å². The number of rotatable bonds is 4. The summed E-state index contributed by atoms with van der Waals surface area (Å²) in [5.41, 5.74) is 1.18. The Morgan fingerprint density at radius 2 is 2.04 bits per heavy atom. The summed E-state index contributed by atoms with van der Waals surface area (Å²) in [7, 11) is 1.58. The molecular weight excluding hydrogens is 300 g/mol. The predicted molar refractivity (Wildman–Crippen MR) is 81.4 cm³/mol. The molecule has 3 aromatic rings. The number of aromatic hydroxyl groups is 1. The lowest BCUT2D eigenvalue weighted by Gasteiger charge is -2.03. The second-order valence-electron chi connectivity index (χ2n) is 4.68. The van der Waals surface area contributed by atoms with E-state index in [4.69, 9.17) is 14.0 Å². The van der Waals surface area contributed by atoms with Crippen LogP contribution in [0.4, 0.5) is 0 Å². The van der Waals surface area contributed by atoms with Crippen LogP contribution < -0.4 is 4.74 Å². The van der Waals surface area contributed by atoms with Crippen LogP contribution in [-0.4, -0.2) is 34.9 Å². The molecule has 2 aromatic heterocycles. The molecule has 2 heterocycles. The highest BCUT2D eigenvalue weighted by molar-refractivity contribution is 6.00. The van der Waals surface area contributed by atoms with E-state index in [1.165, 1.54) is 6.20 Å². The van der Waals surface area contributed by atoms with Gasteiger partial charge < -0.3 is 19.1 Å². The molecule has 0 aliphatic heterocycles. The zero-order chi connectivity index (χ0) is 16.4. The number of pyridine rings is 1. The lowest BCUT2D eigenvalue weighted by molar-refractivity contribution is 0.0516. The number of benzene rings is 1. The summed E-state index contributed by atoms with van der Waals surface area (Å²) in [6.07, 6.45) is 1.43. The molecule has 0 saturated heterocycles. The molecule has 1 aromatic carbocycles. The van der Waals surface area contributed by atoms with Crippen LogP contribution in [0, 0.1) is 0 Å². The van der Waals surface area contributed by atoms with E-state index >= 15 is 0 Å². The Balaban J connectivity index is 2.07. The lowest BCUT2D eigenvalue weighted by Crippen LogP contribution is -2.07. The van der Waals surface area contributed by atoms with E-state index in [-0.39, 0.29) is 23.6 Å². The van der Waals surface area contributed by atoms with Crippen LogP contribution in [0.2, 0.25) is 0 Å². The van der Waals surface area contributed by atoms with E-state index in [0.717, 1.165) is 5.56 Å². The molecule has 7 nitrogen and oxygen atoms in total. The summed E-state index contributed by atoms with van der Waals surface area (Å²) in [5, 5.41) is 14.6. The van der Waals surface area contributed by atoms with Crippen molar-refractivity contribution in [3.05, 3.63) is 36.2 Å². The Labute approximate surface area is 131 Å². The van der Waals surface area contributed by atoms with Crippen molar-refractivity contribution in [2.45, 2.75) is 6.92 Å². The number of carbonyl (C=O) groups excluding carboxylic acids is 1. The zero-order valence-corrected chi connectivity index (χ0v) is 12.6. The maximum absolute atomic E-state index is 11.7. The van der Waals surface area contributed by atoms with Crippen molar-refractivity contribution in [1.82, 2.24) is 10.1 Å². The third-order valence-corrected chi connectivity index (χ3v) is 3.32. The minimum Gasteiger partial charge on any atom is -0.502 e. The van der Waals surface area contributed by atoms with E-state index in [1.807, 2.05) is 12.1 Å². The first-order chi connectivity index (χ1) is 11.2. The molecule has 0 amide bonds. The first-order valence-electron chi connectivity index (χ1n) is 6.94. The first-order valence-corrected chi connectivity index (χ1v) is 6.94. The summed E-state index contributed by atoms with van der Waals surface area (Å²) in [6, 6.07) is 7.20. The van der Waals surface area contributed by atoms with Gasteiger partial charge in [-0.25, -0.2) is 9.78 Å². The van der Waals surface area contributed by atoms with Crippen molar-refractivity contribution in [1.29, 1.82) is 0 Å². The number of nitrogens with zero attached hydrogens (tertiary/aromatic N) is 2. The Hall–Kier alpha value is -3.09. The normalized spacial score (nSPS) is 10.7. The van der Waals surface area contributed by atoms with Crippen LogP contribution in [0.5, 0.6) is 11.5 Å². The molecule has 118 valence electrons. The van der Waals surface area contributed by atoms with Crippen molar-refractivity contribution in [2.24, 2.45) is 0 Å². The summed E-state index contributed by atoms with van der Waals surface area (Å²) in [5.74, 6) is -0.380. The number of ether oxygens (including phenoxy) is 2. The van der Waals surface area contributed by atoms with Gasteiger partial charge in [0.2, 0.25) is 5.58 Å². The summed E-state index contributed by atoms with van der Waals surface area (Å²) in [6.45, 7) is 1.86. The van der Waals surface area contributed by atoms with Crippen molar-refractivity contribution in [2.75, 3.05) is 13.7 Å². The fourth-order valence-corrected chi connectivity index (χ4v) is 2.19. The van der Waals surface area contributed by atoms with Crippen LogP contribution in [0.1, 0.15) is 17.4 Å². The van der Waals surface area contributed by atoms with Crippen LogP contribution in [0.3, 0.4) is 0 Å². The van der Waals surface area contributed by atoms with Crippen molar-refractivity contribution in [3.8, 4) is 22.8 Å². The molecule has 0 unspecified atom stereocenters. The average Bonchev–Trinajstić information content (AvgIpc) is 3.00. The molecule has 0 fully saturated rings. The highest BCUT2D eigenvalue weighted by atomic mass is 16.5. The minimum absolute atomic E-state index is 0.0915. The van der Waals surface area contributed by atoms with Gasteiger partial charge >= 0.3 is 5.97 Å². The van der Waals surface area contributed by atoms with Gasteiger partial charge in [-0.1, -0.05) is 5.16 Å². The van der Waals surface area contributed by atoms with Crippen LogP contribution in [0.15, 0.2) is 35.0 Å². The Morgan fingerprint density at radius 1 is 1.30 bits per heavy atom. The fourth-order valence-electron chi connectivity index (χ4n) is 2.19. The monoisotopic (exact) mass is 314 g/mol. The third-order valence-electron chi connectivity index (χ3n) is 3.32. The molecule has 0 atom stereocenters. The molecule has 0 aliphatic carbocycles. The van der Waals surface area contributed by atoms with Crippen molar-refractivity contribution >= 4 is 16.9 Å². The number of esters is 1. The number of fused-ring (bicyclic) bond motifs is 1. The van der Waals surface area contributed by atoms with Crippen molar-refractivity contribution < 1.29 is 23.9 Å². The van der Waals surface area contributed by atoms with E-state index in [2.05, 4.69) is 10.1 Å². The van der Waals surface area contributed by atoms with Gasteiger partial charge in [0.1, 0.15) is 11.4 Å². The highest BCUT2D eigenvalue weighted by Crippen LogP contribution is 2.34. The molecule has 7 heteroatoms. The quantitative estimate of drug-likeness (QED) is 0.740. The van der Waals surface area contributed by atoms with Gasteiger partial charge in [-0.2, -0.15) is 0 Å². The molecule has 23 heavy (non-hydrogen) atoms. The number of hydrogen-bond acceptors (Lipinski definition) is 7. The van der Waals surface area contributed by atoms with Gasteiger partial charge in [-0.05, 0) is 31.2 Å². The lowest BCUT2D eigenvalue weighted by atomic mass is 10.1. The third kappa shape index (κ3) is 2.57. The molecular formula is C16H14N2O5. The molecule has 0 spiro atoms. The van der Waals surface area contributed by atoms with Gasteiger partial charge in [0.05, 0.1) is 19.1 Å². The summed E-state index contributed by atoms with van der Waals surface area (Å²) >= 11 is 0. The van der Waals surface area contributed by atoms with Gasteiger partial charge in [-0.3, -0.25) is 0 Å². The van der Waals surface area contributed by atoms with E-state index < -0.39 is 5.97 Å². The Bertz CT molecular complexity index is 855. The maximum atomic E-state index is 11.7. The number of hydrogen-bond donors (Lipinski definition) is 1. The largest absolute Gasteiger partial charge is 0.502 e. The second-order valence-corrected chi connectivity index (χ2v) is 4.68. The topological polar surface area (TPSA) is 94.7 Å². The summed E-state index contributed by atoms with van der Waals surface area (Å²) < 4.78 is 15.1.